The predicted octanol–water partition coefficient (Wildman–Crippen LogP) is 1.54. The number of amides is 2. The number of nitrogens with one attached hydrogen (secondary N) is 2. The first kappa shape index (κ1) is 24.7. The fraction of sp³-hybridized carbons (Fsp3) is 0.652. The molecule has 1 saturated carbocycles. The molecule has 1 aromatic carbocycles. The summed E-state index contributed by atoms with van der Waals surface area (Å²) >= 11 is 0. The number of piperidine rings is 1. The average molecular weight is 465 g/mol. The standard InChI is InChI=1S/C23H36N4O4S/c24-32(30,31)21-8-6-18(7-9-21)10-14-25-22(28)13-17-27-15-11-20(12-16-27)26-23(29)19-4-2-1-3-5-19/h6-9,19-20H,1-5,10-17H2,(H,25,28)(H,26,29)(H2,24,30,31). The third-order valence-corrected chi connectivity index (χ3v) is 7.48. The Balaban J connectivity index is 1.27. The van der Waals surface area contributed by atoms with E-state index in [0.29, 0.717) is 19.4 Å². The normalized spacial score (nSPS) is 18.9. The molecule has 0 radical (unpaired) electrons. The van der Waals surface area contributed by atoms with Crippen LogP contribution >= 0.6 is 0 Å². The van der Waals surface area contributed by atoms with Crippen LogP contribution < -0.4 is 15.8 Å². The highest BCUT2D eigenvalue weighted by atomic mass is 32.2. The number of primary sulfonamides is 1. The number of benzene rings is 1. The van der Waals surface area contributed by atoms with Gasteiger partial charge in [-0.1, -0.05) is 31.4 Å². The molecule has 9 heteroatoms. The van der Waals surface area contributed by atoms with E-state index in [1.807, 2.05) is 0 Å². The summed E-state index contributed by atoms with van der Waals surface area (Å²) in [6.07, 6.45) is 8.60. The fourth-order valence-electron chi connectivity index (χ4n) is 4.52. The minimum atomic E-state index is -3.68. The highest BCUT2D eigenvalue weighted by Gasteiger charge is 2.25. The van der Waals surface area contributed by atoms with Gasteiger partial charge in [0.15, 0.2) is 0 Å². The van der Waals surface area contributed by atoms with Crippen molar-refractivity contribution in [2.75, 3.05) is 26.2 Å². The molecule has 1 aromatic rings. The summed E-state index contributed by atoms with van der Waals surface area (Å²) in [7, 11) is -3.68. The summed E-state index contributed by atoms with van der Waals surface area (Å²) in [6, 6.07) is 6.64. The quantitative estimate of drug-likeness (QED) is 0.512. The van der Waals surface area contributed by atoms with E-state index in [9.17, 15) is 18.0 Å². The predicted molar refractivity (Wildman–Crippen MR) is 123 cm³/mol. The lowest BCUT2D eigenvalue weighted by atomic mass is 9.88. The number of rotatable bonds is 9. The van der Waals surface area contributed by atoms with E-state index in [1.54, 1.807) is 12.1 Å². The largest absolute Gasteiger partial charge is 0.356 e. The molecule has 1 aliphatic carbocycles. The van der Waals surface area contributed by atoms with Crippen molar-refractivity contribution in [3.63, 3.8) is 0 Å². The molecular formula is C23H36N4O4S. The van der Waals surface area contributed by atoms with E-state index < -0.39 is 10.0 Å². The number of hydrogen-bond acceptors (Lipinski definition) is 5. The second-order valence-corrected chi connectivity index (χ2v) is 10.6. The van der Waals surface area contributed by atoms with Gasteiger partial charge in [-0.25, -0.2) is 13.6 Å². The van der Waals surface area contributed by atoms with E-state index in [1.165, 1.54) is 31.4 Å². The summed E-state index contributed by atoms with van der Waals surface area (Å²) in [6.45, 7) is 3.03. The summed E-state index contributed by atoms with van der Waals surface area (Å²) in [5.41, 5.74) is 0.940. The van der Waals surface area contributed by atoms with Crippen molar-refractivity contribution in [2.45, 2.75) is 68.7 Å². The van der Waals surface area contributed by atoms with E-state index in [2.05, 4.69) is 15.5 Å². The molecule has 2 fully saturated rings. The number of carbonyl (C=O) groups is 2. The molecule has 0 bridgehead atoms. The van der Waals surface area contributed by atoms with Crippen LogP contribution in [0, 0.1) is 5.92 Å². The zero-order valence-electron chi connectivity index (χ0n) is 18.7. The Morgan fingerprint density at radius 3 is 2.28 bits per heavy atom. The van der Waals surface area contributed by atoms with Gasteiger partial charge in [-0.3, -0.25) is 9.59 Å². The van der Waals surface area contributed by atoms with Gasteiger partial charge in [-0.2, -0.15) is 0 Å². The summed E-state index contributed by atoms with van der Waals surface area (Å²) in [5.74, 6) is 0.456. The van der Waals surface area contributed by atoms with Gasteiger partial charge in [0.2, 0.25) is 21.8 Å². The molecule has 0 unspecified atom stereocenters. The zero-order chi connectivity index (χ0) is 23.0. The minimum Gasteiger partial charge on any atom is -0.356 e. The van der Waals surface area contributed by atoms with Gasteiger partial charge in [0.25, 0.3) is 0 Å². The molecular weight excluding hydrogens is 428 g/mol. The zero-order valence-corrected chi connectivity index (χ0v) is 19.5. The van der Waals surface area contributed by atoms with Crippen molar-refractivity contribution in [1.29, 1.82) is 0 Å². The monoisotopic (exact) mass is 464 g/mol. The van der Waals surface area contributed by atoms with Crippen molar-refractivity contribution < 1.29 is 18.0 Å². The topological polar surface area (TPSA) is 122 Å². The van der Waals surface area contributed by atoms with Crippen molar-refractivity contribution in [3.8, 4) is 0 Å². The number of nitrogens with two attached hydrogens (primary N) is 1. The van der Waals surface area contributed by atoms with E-state index in [0.717, 1.165) is 50.9 Å². The Labute approximate surface area is 191 Å². The molecule has 1 aliphatic heterocycles. The molecule has 8 nitrogen and oxygen atoms in total. The van der Waals surface area contributed by atoms with Crippen LogP contribution in [0.4, 0.5) is 0 Å². The first-order valence-corrected chi connectivity index (χ1v) is 13.3. The smallest absolute Gasteiger partial charge is 0.238 e. The number of hydrogen-bond donors (Lipinski definition) is 3. The number of carbonyl (C=O) groups excluding carboxylic acids is 2. The Hall–Kier alpha value is -1.97. The van der Waals surface area contributed by atoms with Gasteiger partial charge in [0, 0.05) is 44.6 Å². The Morgan fingerprint density at radius 2 is 1.66 bits per heavy atom. The maximum atomic E-state index is 12.4. The molecule has 1 saturated heterocycles. The molecule has 1 heterocycles. The van der Waals surface area contributed by atoms with Crippen LogP contribution in [0.1, 0.15) is 56.9 Å². The van der Waals surface area contributed by atoms with Gasteiger partial charge in [0.1, 0.15) is 0 Å². The molecule has 32 heavy (non-hydrogen) atoms. The summed E-state index contributed by atoms with van der Waals surface area (Å²) < 4.78 is 22.6. The fourth-order valence-corrected chi connectivity index (χ4v) is 5.04. The molecule has 3 rings (SSSR count). The maximum absolute atomic E-state index is 12.4. The number of nitrogens with zero attached hydrogens (tertiary/aromatic N) is 1. The van der Waals surface area contributed by atoms with Gasteiger partial charge in [0.05, 0.1) is 4.90 Å². The second-order valence-electron chi connectivity index (χ2n) is 9.00. The van der Waals surface area contributed by atoms with Crippen LogP contribution in [0.3, 0.4) is 0 Å². The third kappa shape index (κ3) is 7.86. The number of likely N-dealkylation sites (tertiary alicyclic amines) is 1. The van der Waals surface area contributed by atoms with Gasteiger partial charge < -0.3 is 15.5 Å². The molecule has 2 aliphatic rings. The minimum absolute atomic E-state index is 0.0129. The summed E-state index contributed by atoms with van der Waals surface area (Å²) in [4.78, 5) is 26.9. The van der Waals surface area contributed by atoms with Crippen molar-refractivity contribution in [2.24, 2.45) is 11.1 Å². The van der Waals surface area contributed by atoms with Crippen molar-refractivity contribution in [3.05, 3.63) is 29.8 Å². The SMILES string of the molecule is NS(=O)(=O)c1ccc(CCNC(=O)CCN2CCC(NC(=O)C3CCCCC3)CC2)cc1. The van der Waals surface area contributed by atoms with Crippen LogP contribution in [0.15, 0.2) is 29.2 Å². The molecule has 4 N–H and O–H groups in total. The molecule has 0 spiro atoms. The summed E-state index contributed by atoms with van der Waals surface area (Å²) in [5, 5.41) is 11.3. The molecule has 2 amide bonds. The van der Waals surface area contributed by atoms with Gasteiger partial charge in [-0.15, -0.1) is 0 Å². The van der Waals surface area contributed by atoms with Crippen molar-refractivity contribution in [1.82, 2.24) is 15.5 Å². The Morgan fingerprint density at radius 1 is 1.00 bits per heavy atom. The van der Waals surface area contributed by atoms with E-state index in [4.69, 9.17) is 5.14 Å². The number of sulfonamides is 1. The molecule has 0 atom stereocenters. The third-order valence-electron chi connectivity index (χ3n) is 6.55. The average Bonchev–Trinajstić information content (AvgIpc) is 2.79. The first-order chi connectivity index (χ1) is 15.3. The van der Waals surface area contributed by atoms with E-state index >= 15 is 0 Å². The van der Waals surface area contributed by atoms with Crippen LogP contribution in [0.2, 0.25) is 0 Å². The van der Waals surface area contributed by atoms with Crippen molar-refractivity contribution >= 4 is 21.8 Å². The lowest BCUT2D eigenvalue weighted by Gasteiger charge is -2.33. The van der Waals surface area contributed by atoms with Gasteiger partial charge >= 0.3 is 0 Å². The van der Waals surface area contributed by atoms with Crippen LogP contribution in [0.5, 0.6) is 0 Å². The Bertz CT molecular complexity index is 858. The lowest BCUT2D eigenvalue weighted by Crippen LogP contribution is -2.47. The first-order valence-electron chi connectivity index (χ1n) is 11.7. The van der Waals surface area contributed by atoms with E-state index in [-0.39, 0.29) is 28.7 Å². The lowest BCUT2D eigenvalue weighted by molar-refractivity contribution is -0.127. The van der Waals surface area contributed by atoms with Crippen LogP contribution in [-0.4, -0.2) is 57.4 Å². The highest BCUT2D eigenvalue weighted by molar-refractivity contribution is 7.89. The maximum Gasteiger partial charge on any atom is 0.238 e. The van der Waals surface area contributed by atoms with Gasteiger partial charge in [-0.05, 0) is 49.8 Å². The molecule has 0 aromatic heterocycles. The highest BCUT2D eigenvalue weighted by Crippen LogP contribution is 2.24. The molecule has 178 valence electrons. The second kappa shape index (κ2) is 11.8. The van der Waals surface area contributed by atoms with Crippen LogP contribution in [-0.2, 0) is 26.0 Å². The Kier molecular flexibility index (Phi) is 9.07. The van der Waals surface area contributed by atoms with Crippen LogP contribution in [0.25, 0.3) is 0 Å².